The van der Waals surface area contributed by atoms with E-state index in [2.05, 4.69) is 0 Å². The third kappa shape index (κ3) is 2.68. The second kappa shape index (κ2) is 6.60. The van der Waals surface area contributed by atoms with Crippen LogP contribution in [0.5, 0.6) is 0 Å². The molecule has 0 fully saturated rings. The summed E-state index contributed by atoms with van der Waals surface area (Å²) < 4.78 is 16.7. The molecule has 1 aliphatic rings. The van der Waals surface area contributed by atoms with Crippen molar-refractivity contribution in [1.82, 2.24) is 4.57 Å². The van der Waals surface area contributed by atoms with Gasteiger partial charge in [0.05, 0.1) is 10.5 Å². The number of halogens is 1. The number of thioether (sulfide) groups is 1. The lowest BCUT2D eigenvalue weighted by atomic mass is 10.0. The molecule has 2 heterocycles. The van der Waals surface area contributed by atoms with Gasteiger partial charge in [0.15, 0.2) is 0 Å². The number of hydrogen-bond acceptors (Lipinski definition) is 3. The summed E-state index contributed by atoms with van der Waals surface area (Å²) in [6.45, 7) is 0. The van der Waals surface area contributed by atoms with Crippen molar-refractivity contribution in [1.29, 1.82) is 0 Å². The predicted molar refractivity (Wildman–Crippen MR) is 111 cm³/mol. The number of fused-ring (bicyclic) bond motifs is 3. The number of benzene rings is 3. The van der Waals surface area contributed by atoms with E-state index >= 15 is 0 Å². The SMILES string of the molecule is O=C(O)c1c2n(c3cc(-c4ccccc4)c(F)cc3c1=O)C(c1ccccc1)S2. The zero-order valence-electron chi connectivity index (χ0n) is 15.0. The van der Waals surface area contributed by atoms with E-state index < -0.39 is 17.2 Å². The first-order valence-corrected chi connectivity index (χ1v) is 9.86. The lowest BCUT2D eigenvalue weighted by molar-refractivity contribution is 0.0689. The molecule has 0 bridgehead atoms. The maximum atomic E-state index is 14.9. The molecule has 1 atom stereocenters. The number of carboxylic acid groups (broad SMARTS) is 1. The molecule has 1 aromatic heterocycles. The van der Waals surface area contributed by atoms with E-state index in [0.29, 0.717) is 21.7 Å². The molecular weight excluding hydrogens is 389 g/mol. The zero-order valence-corrected chi connectivity index (χ0v) is 15.8. The van der Waals surface area contributed by atoms with E-state index in [1.54, 1.807) is 18.2 Å². The molecule has 1 aliphatic heterocycles. The standard InChI is InChI=1S/C23H14FNO3S/c24-17-11-16-18(12-15(17)13-7-3-1-4-8-13)25-21(14-9-5-2-6-10-14)29-22(25)19(20(16)26)23(27)28/h1-12,21H,(H,27,28). The van der Waals surface area contributed by atoms with Crippen LogP contribution < -0.4 is 5.43 Å². The van der Waals surface area contributed by atoms with Crippen LogP contribution in [-0.4, -0.2) is 15.6 Å². The summed E-state index contributed by atoms with van der Waals surface area (Å²) in [6, 6.07) is 21.5. The second-order valence-electron chi connectivity index (χ2n) is 6.78. The largest absolute Gasteiger partial charge is 0.477 e. The van der Waals surface area contributed by atoms with Gasteiger partial charge in [-0.05, 0) is 23.3 Å². The Bertz CT molecular complexity index is 1330. The van der Waals surface area contributed by atoms with Gasteiger partial charge >= 0.3 is 5.97 Å². The highest BCUT2D eigenvalue weighted by molar-refractivity contribution is 8.00. The molecule has 3 aromatic carbocycles. The summed E-state index contributed by atoms with van der Waals surface area (Å²) in [7, 11) is 0. The molecule has 0 radical (unpaired) electrons. The Kier molecular flexibility index (Phi) is 4.03. The van der Waals surface area contributed by atoms with Gasteiger partial charge in [-0.1, -0.05) is 72.4 Å². The van der Waals surface area contributed by atoms with Gasteiger partial charge in [-0.25, -0.2) is 9.18 Å². The number of aromatic nitrogens is 1. The molecule has 4 nitrogen and oxygen atoms in total. The maximum Gasteiger partial charge on any atom is 0.342 e. The highest BCUT2D eigenvalue weighted by atomic mass is 32.2. The van der Waals surface area contributed by atoms with Crippen LogP contribution in [-0.2, 0) is 0 Å². The van der Waals surface area contributed by atoms with Crippen molar-refractivity contribution >= 4 is 28.6 Å². The lowest BCUT2D eigenvalue weighted by Crippen LogP contribution is -2.29. The van der Waals surface area contributed by atoms with Gasteiger partial charge in [-0.15, -0.1) is 0 Å². The summed E-state index contributed by atoms with van der Waals surface area (Å²) >= 11 is 1.33. The van der Waals surface area contributed by atoms with Crippen LogP contribution >= 0.6 is 11.8 Å². The van der Waals surface area contributed by atoms with Gasteiger partial charge in [0.2, 0.25) is 5.43 Å². The van der Waals surface area contributed by atoms with Crippen LogP contribution in [0.15, 0.2) is 82.6 Å². The third-order valence-corrected chi connectivity index (χ3v) is 6.42. The first-order valence-electron chi connectivity index (χ1n) is 8.98. The van der Waals surface area contributed by atoms with Crippen LogP contribution in [0, 0.1) is 5.82 Å². The smallest absolute Gasteiger partial charge is 0.342 e. The van der Waals surface area contributed by atoms with E-state index in [9.17, 15) is 19.1 Å². The number of carbonyl (C=O) groups is 1. The molecule has 5 rings (SSSR count). The van der Waals surface area contributed by atoms with E-state index in [-0.39, 0.29) is 16.3 Å². The van der Waals surface area contributed by atoms with Crippen LogP contribution in [0.4, 0.5) is 4.39 Å². The first-order chi connectivity index (χ1) is 14.1. The fourth-order valence-electron chi connectivity index (χ4n) is 3.72. The van der Waals surface area contributed by atoms with Gasteiger partial charge < -0.3 is 9.67 Å². The normalized spacial score (nSPS) is 15.0. The molecule has 0 aliphatic carbocycles. The monoisotopic (exact) mass is 403 g/mol. The van der Waals surface area contributed by atoms with Crippen molar-refractivity contribution in [3.05, 3.63) is 100.0 Å². The Balaban J connectivity index is 1.84. The predicted octanol–water partition coefficient (Wildman–Crippen LogP) is 5.16. The van der Waals surface area contributed by atoms with E-state index in [4.69, 9.17) is 0 Å². The number of nitrogens with zero attached hydrogens (tertiary/aromatic N) is 1. The second-order valence-corrected chi connectivity index (χ2v) is 7.85. The van der Waals surface area contributed by atoms with Crippen molar-refractivity contribution in [2.45, 2.75) is 10.4 Å². The summed E-state index contributed by atoms with van der Waals surface area (Å²) in [5.41, 5.74) is 1.62. The summed E-state index contributed by atoms with van der Waals surface area (Å²) in [6.07, 6.45) is 0. The zero-order chi connectivity index (χ0) is 20.1. The fourth-order valence-corrected chi connectivity index (χ4v) is 5.01. The molecule has 6 heteroatoms. The molecule has 1 unspecified atom stereocenters. The minimum Gasteiger partial charge on any atom is -0.477 e. The highest BCUT2D eigenvalue weighted by Crippen LogP contribution is 2.50. The van der Waals surface area contributed by atoms with Crippen LogP contribution in [0.1, 0.15) is 21.3 Å². The Labute approximate surface area is 169 Å². The molecular formula is C23H14FNO3S. The van der Waals surface area contributed by atoms with E-state index in [0.717, 1.165) is 11.6 Å². The maximum absolute atomic E-state index is 14.9. The third-order valence-electron chi connectivity index (χ3n) is 5.09. The minimum atomic E-state index is -1.30. The molecule has 142 valence electrons. The molecule has 0 amide bonds. The van der Waals surface area contributed by atoms with E-state index in [1.807, 2.05) is 53.1 Å². The number of pyridine rings is 1. The Morgan fingerprint density at radius 1 is 1.00 bits per heavy atom. The summed E-state index contributed by atoms with van der Waals surface area (Å²) in [5.74, 6) is -1.85. The highest BCUT2D eigenvalue weighted by Gasteiger charge is 2.36. The van der Waals surface area contributed by atoms with Gasteiger partial charge in [-0.2, -0.15) is 0 Å². The topological polar surface area (TPSA) is 59.3 Å². The van der Waals surface area contributed by atoms with Crippen molar-refractivity contribution < 1.29 is 14.3 Å². The molecule has 0 saturated carbocycles. The molecule has 1 N–H and O–H groups in total. The molecule has 29 heavy (non-hydrogen) atoms. The average Bonchev–Trinajstić information content (AvgIpc) is 2.71. The van der Waals surface area contributed by atoms with Gasteiger partial charge in [0, 0.05) is 10.9 Å². The number of carboxylic acids is 1. The van der Waals surface area contributed by atoms with E-state index in [1.165, 1.54) is 11.8 Å². The molecule has 0 spiro atoms. The van der Waals surface area contributed by atoms with Crippen LogP contribution in [0.3, 0.4) is 0 Å². The molecule has 0 saturated heterocycles. The van der Waals surface area contributed by atoms with Crippen LogP contribution in [0.2, 0.25) is 0 Å². The Morgan fingerprint density at radius 2 is 1.66 bits per heavy atom. The van der Waals surface area contributed by atoms with Gasteiger partial charge in [-0.3, -0.25) is 4.79 Å². The fraction of sp³-hybridized carbons (Fsp3) is 0.0435. The average molecular weight is 403 g/mol. The minimum absolute atomic E-state index is 0.0737. The Morgan fingerprint density at radius 3 is 2.31 bits per heavy atom. The van der Waals surface area contributed by atoms with Gasteiger partial charge in [0.25, 0.3) is 0 Å². The van der Waals surface area contributed by atoms with Crippen molar-refractivity contribution in [3.8, 4) is 11.1 Å². The number of aromatic carboxylic acids is 1. The number of hydrogen-bond donors (Lipinski definition) is 1. The Hall–Kier alpha value is -3.38. The van der Waals surface area contributed by atoms with Crippen molar-refractivity contribution in [2.24, 2.45) is 0 Å². The van der Waals surface area contributed by atoms with Crippen molar-refractivity contribution in [3.63, 3.8) is 0 Å². The number of rotatable bonds is 3. The first kappa shape index (κ1) is 17.7. The lowest BCUT2D eigenvalue weighted by Gasteiger charge is -2.35. The molecule has 4 aromatic rings. The van der Waals surface area contributed by atoms with Crippen LogP contribution in [0.25, 0.3) is 22.0 Å². The quantitative estimate of drug-likeness (QED) is 0.513. The summed E-state index contributed by atoms with van der Waals surface area (Å²) in [4.78, 5) is 24.6. The van der Waals surface area contributed by atoms with Crippen molar-refractivity contribution in [2.75, 3.05) is 0 Å². The van der Waals surface area contributed by atoms with Gasteiger partial charge in [0.1, 0.15) is 16.8 Å². The summed E-state index contributed by atoms with van der Waals surface area (Å²) in [5, 5.41) is 9.89.